The Morgan fingerprint density at radius 3 is 3.05 bits per heavy atom. The van der Waals surface area contributed by atoms with Crippen molar-refractivity contribution >= 4 is 33.3 Å². The first-order valence-corrected chi connectivity index (χ1v) is 7.85. The van der Waals surface area contributed by atoms with Crippen LogP contribution in [-0.4, -0.2) is 26.3 Å². The predicted molar refractivity (Wildman–Crippen MR) is 86.5 cm³/mol. The van der Waals surface area contributed by atoms with E-state index in [4.69, 9.17) is 5.73 Å². The second kappa shape index (κ2) is 6.09. The van der Waals surface area contributed by atoms with Gasteiger partial charge in [0.15, 0.2) is 0 Å². The lowest BCUT2D eigenvalue weighted by Crippen LogP contribution is -2.09. The van der Waals surface area contributed by atoms with Gasteiger partial charge in [0.25, 0.3) is 0 Å². The van der Waals surface area contributed by atoms with Crippen molar-refractivity contribution in [2.24, 2.45) is 0 Å². The summed E-state index contributed by atoms with van der Waals surface area (Å²) in [4.78, 5) is 10.9. The fourth-order valence-electron chi connectivity index (χ4n) is 2.18. The lowest BCUT2D eigenvalue weighted by molar-refractivity contribution is 0.591. The van der Waals surface area contributed by atoms with Gasteiger partial charge < -0.3 is 11.1 Å². The molecule has 0 unspecified atom stereocenters. The van der Waals surface area contributed by atoms with Crippen molar-refractivity contribution in [1.29, 1.82) is 0 Å². The van der Waals surface area contributed by atoms with E-state index in [0.29, 0.717) is 5.95 Å². The summed E-state index contributed by atoms with van der Waals surface area (Å²) >= 11 is 1.68. The fourth-order valence-corrected chi connectivity index (χ4v) is 3.15. The molecule has 0 radical (unpaired) electrons. The van der Waals surface area contributed by atoms with Crippen LogP contribution < -0.4 is 11.1 Å². The van der Waals surface area contributed by atoms with Gasteiger partial charge in [-0.05, 0) is 25.0 Å². The Morgan fingerprint density at radius 1 is 1.38 bits per heavy atom. The van der Waals surface area contributed by atoms with Gasteiger partial charge in [0.2, 0.25) is 5.95 Å². The van der Waals surface area contributed by atoms with Crippen molar-refractivity contribution in [2.75, 3.05) is 17.6 Å². The molecule has 0 spiro atoms. The monoisotopic (exact) mass is 302 g/mol. The first kappa shape index (κ1) is 13.8. The molecule has 3 aromatic rings. The van der Waals surface area contributed by atoms with Crippen LogP contribution in [0.15, 0.2) is 24.5 Å². The molecule has 21 heavy (non-hydrogen) atoms. The molecule has 0 aliphatic heterocycles. The smallest absolute Gasteiger partial charge is 0.223 e. The van der Waals surface area contributed by atoms with E-state index in [1.165, 1.54) is 4.88 Å². The minimum absolute atomic E-state index is 0.321. The van der Waals surface area contributed by atoms with Crippen molar-refractivity contribution in [3.05, 3.63) is 29.4 Å². The Labute approximate surface area is 127 Å². The van der Waals surface area contributed by atoms with E-state index in [2.05, 4.69) is 33.4 Å². The molecule has 7 heteroatoms. The summed E-state index contributed by atoms with van der Waals surface area (Å²) in [7, 11) is 0. The fraction of sp³-hybridized carbons (Fsp3) is 0.357. The number of hydrogen-bond donors (Lipinski definition) is 2. The Balaban J connectivity index is 1.69. The van der Waals surface area contributed by atoms with Crippen LogP contribution >= 0.6 is 11.3 Å². The summed E-state index contributed by atoms with van der Waals surface area (Å²) < 4.78 is 1.92. The maximum Gasteiger partial charge on any atom is 0.223 e. The summed E-state index contributed by atoms with van der Waals surface area (Å²) in [5.74, 6) is 1.15. The molecule has 0 bridgehead atoms. The second-order valence-corrected chi connectivity index (χ2v) is 5.88. The minimum atomic E-state index is 0.321. The number of nitrogens with two attached hydrogens (primary N) is 1. The van der Waals surface area contributed by atoms with E-state index in [-0.39, 0.29) is 0 Å². The van der Waals surface area contributed by atoms with Crippen molar-refractivity contribution in [3.63, 3.8) is 0 Å². The Morgan fingerprint density at radius 2 is 2.29 bits per heavy atom. The van der Waals surface area contributed by atoms with Gasteiger partial charge in [-0.2, -0.15) is 10.1 Å². The topological polar surface area (TPSA) is 81.7 Å². The predicted octanol–water partition coefficient (Wildman–Crippen LogP) is 2.53. The Bertz CT molecular complexity index is 718. The van der Waals surface area contributed by atoms with Gasteiger partial charge in [0.05, 0.1) is 5.39 Å². The molecule has 0 aromatic carbocycles. The highest BCUT2D eigenvalue weighted by atomic mass is 32.1. The molecule has 3 rings (SSSR count). The molecule has 3 aromatic heterocycles. The van der Waals surface area contributed by atoms with E-state index in [9.17, 15) is 0 Å². The van der Waals surface area contributed by atoms with Crippen LogP contribution in [0.3, 0.4) is 0 Å². The molecule has 3 heterocycles. The van der Waals surface area contributed by atoms with Gasteiger partial charge in [-0.25, -0.2) is 4.98 Å². The molecule has 0 aliphatic rings. The van der Waals surface area contributed by atoms with Gasteiger partial charge in [0, 0.05) is 30.4 Å². The molecule has 0 aliphatic carbocycles. The maximum atomic E-state index is 5.79. The van der Waals surface area contributed by atoms with Crippen LogP contribution in [0.5, 0.6) is 0 Å². The highest BCUT2D eigenvalue weighted by molar-refractivity contribution is 7.18. The largest absolute Gasteiger partial charge is 0.369 e. The zero-order valence-electron chi connectivity index (χ0n) is 11.9. The van der Waals surface area contributed by atoms with Gasteiger partial charge in [-0.3, -0.25) is 4.68 Å². The number of hydrogen-bond acceptors (Lipinski definition) is 6. The number of nitrogens with zero attached hydrogens (tertiary/aromatic N) is 4. The van der Waals surface area contributed by atoms with E-state index >= 15 is 0 Å². The van der Waals surface area contributed by atoms with Crippen LogP contribution in [-0.2, 0) is 13.0 Å². The first-order valence-electron chi connectivity index (χ1n) is 7.03. The number of rotatable bonds is 6. The summed E-state index contributed by atoms with van der Waals surface area (Å²) in [5.41, 5.74) is 5.79. The van der Waals surface area contributed by atoms with Crippen molar-refractivity contribution in [1.82, 2.24) is 19.7 Å². The SMILES string of the molecule is CCc1cc2c(NCCCn3cccn3)nc(N)nc2s1. The lowest BCUT2D eigenvalue weighted by atomic mass is 10.3. The molecular formula is C14H18N6S. The van der Waals surface area contributed by atoms with Gasteiger partial charge in [-0.15, -0.1) is 11.3 Å². The van der Waals surface area contributed by atoms with Crippen LogP contribution in [0.25, 0.3) is 10.2 Å². The van der Waals surface area contributed by atoms with E-state index in [1.807, 2.05) is 16.9 Å². The van der Waals surface area contributed by atoms with Crippen LogP contribution in [0.1, 0.15) is 18.2 Å². The average molecular weight is 302 g/mol. The van der Waals surface area contributed by atoms with Gasteiger partial charge in [-0.1, -0.05) is 6.92 Å². The number of fused-ring (bicyclic) bond motifs is 1. The number of nitrogens with one attached hydrogen (secondary N) is 1. The zero-order chi connectivity index (χ0) is 14.7. The van der Waals surface area contributed by atoms with E-state index in [1.54, 1.807) is 17.5 Å². The average Bonchev–Trinajstić information content (AvgIpc) is 3.11. The third kappa shape index (κ3) is 3.13. The minimum Gasteiger partial charge on any atom is -0.369 e. The molecule has 0 amide bonds. The molecule has 3 N–H and O–H groups in total. The van der Waals surface area contributed by atoms with Crippen molar-refractivity contribution in [3.8, 4) is 0 Å². The summed E-state index contributed by atoms with van der Waals surface area (Å²) in [6.45, 7) is 3.84. The van der Waals surface area contributed by atoms with Crippen molar-refractivity contribution in [2.45, 2.75) is 26.3 Å². The normalized spacial score (nSPS) is 11.1. The third-order valence-electron chi connectivity index (χ3n) is 3.23. The Hall–Kier alpha value is -2.15. The van der Waals surface area contributed by atoms with Crippen molar-refractivity contribution < 1.29 is 0 Å². The lowest BCUT2D eigenvalue weighted by Gasteiger charge is -2.07. The maximum absolute atomic E-state index is 5.79. The molecule has 0 saturated heterocycles. The summed E-state index contributed by atoms with van der Waals surface area (Å²) in [6, 6.07) is 4.08. The molecule has 0 fully saturated rings. The zero-order valence-corrected chi connectivity index (χ0v) is 12.7. The number of aryl methyl sites for hydroxylation is 2. The van der Waals surface area contributed by atoms with Crippen LogP contribution in [0, 0.1) is 0 Å². The van der Waals surface area contributed by atoms with Gasteiger partial charge >= 0.3 is 0 Å². The quantitative estimate of drug-likeness (QED) is 0.684. The molecule has 110 valence electrons. The summed E-state index contributed by atoms with van der Waals surface area (Å²) in [5, 5.41) is 8.61. The standard InChI is InChI=1S/C14H18N6S/c1-2-10-9-11-12(18-14(15)19-13(11)21-10)16-5-3-7-20-8-4-6-17-20/h4,6,8-9H,2-3,5,7H2,1H3,(H3,15,16,18,19). The highest BCUT2D eigenvalue weighted by Crippen LogP contribution is 2.29. The number of thiophene rings is 1. The van der Waals surface area contributed by atoms with Gasteiger partial charge in [0.1, 0.15) is 10.6 Å². The number of anilines is 2. The number of nitrogen functional groups attached to an aromatic ring is 1. The van der Waals surface area contributed by atoms with E-state index in [0.717, 1.165) is 42.0 Å². The van der Waals surface area contributed by atoms with E-state index < -0.39 is 0 Å². The van der Waals surface area contributed by atoms with Crippen LogP contribution in [0.2, 0.25) is 0 Å². The molecule has 6 nitrogen and oxygen atoms in total. The Kier molecular flexibility index (Phi) is 4.01. The second-order valence-electron chi connectivity index (χ2n) is 4.76. The van der Waals surface area contributed by atoms with Crippen LogP contribution in [0.4, 0.5) is 11.8 Å². The molecule has 0 atom stereocenters. The number of aromatic nitrogens is 4. The third-order valence-corrected chi connectivity index (χ3v) is 4.40. The highest BCUT2D eigenvalue weighted by Gasteiger charge is 2.09. The first-order chi connectivity index (χ1) is 10.3. The summed E-state index contributed by atoms with van der Waals surface area (Å²) in [6.07, 6.45) is 5.73. The molecule has 0 saturated carbocycles. The molecular weight excluding hydrogens is 284 g/mol.